The normalized spacial score (nSPS) is 16.2. The van der Waals surface area contributed by atoms with Crippen LogP contribution in [0.25, 0.3) is 33.1 Å². The van der Waals surface area contributed by atoms with Gasteiger partial charge in [-0.15, -0.1) is 0 Å². The molecule has 1 atom stereocenters. The third-order valence-corrected chi connectivity index (χ3v) is 5.31. The first kappa shape index (κ1) is 13.0. The zero-order valence-corrected chi connectivity index (χ0v) is 15.6. The Morgan fingerprint density at radius 3 is 2.50 bits per heavy atom. The molecule has 0 aliphatic carbocycles. The molecule has 0 fully saturated rings. The second-order valence-corrected chi connectivity index (χ2v) is 7.07. The van der Waals surface area contributed by atoms with Crippen LogP contribution in [0.4, 0.5) is 0 Å². The van der Waals surface area contributed by atoms with Gasteiger partial charge in [-0.3, -0.25) is 0 Å². The Balaban J connectivity index is 1.67. The van der Waals surface area contributed by atoms with E-state index in [2.05, 4.69) is 0 Å². The van der Waals surface area contributed by atoms with Crippen molar-refractivity contribution in [2.24, 2.45) is 0 Å². The quantitative estimate of drug-likeness (QED) is 0.319. The largest absolute Gasteiger partial charge is 0.455 e. The summed E-state index contributed by atoms with van der Waals surface area (Å²) in [5.74, 6) is -0.911. The molecule has 0 aliphatic rings. The molecular weight excluding hydrogens is 340 g/mol. The van der Waals surface area contributed by atoms with Crippen molar-refractivity contribution in [3.8, 4) is 11.1 Å². The minimum absolute atomic E-state index is 0.304. The molecule has 0 spiro atoms. The van der Waals surface area contributed by atoms with Crippen LogP contribution < -0.4 is 0 Å². The summed E-state index contributed by atoms with van der Waals surface area (Å²) >= 11 is 0. The fourth-order valence-corrected chi connectivity index (χ4v) is 3.80. The second kappa shape index (κ2) is 6.69. The second-order valence-electron chi connectivity index (χ2n) is 7.07. The average Bonchev–Trinajstić information content (AvgIpc) is 3.17. The summed E-state index contributed by atoms with van der Waals surface area (Å²) in [6.07, 6.45) is 0. The first-order chi connectivity index (χ1) is 15.2. The molecule has 1 aromatic heterocycles. The molecule has 136 valence electrons. The SMILES string of the molecule is [2H]C([2H])([2H])c1cccc(-c2cccc3c2oc2cc(C([2H])(C)c4ccccc4)ccc23)c1. The van der Waals surface area contributed by atoms with Gasteiger partial charge in [-0.25, -0.2) is 0 Å². The van der Waals surface area contributed by atoms with Crippen molar-refractivity contribution >= 4 is 21.9 Å². The smallest absolute Gasteiger partial charge is 0.143 e. The van der Waals surface area contributed by atoms with E-state index in [1.165, 1.54) is 0 Å². The number of hydrogen-bond donors (Lipinski definition) is 0. The minimum Gasteiger partial charge on any atom is -0.455 e. The van der Waals surface area contributed by atoms with Gasteiger partial charge in [0.25, 0.3) is 0 Å². The summed E-state index contributed by atoms with van der Waals surface area (Å²) in [4.78, 5) is 0. The number of fused-ring (bicyclic) bond motifs is 3. The number of furan rings is 1. The standard InChI is InChI=1S/C27H22O/c1-18-8-6-11-22(16-18)23-12-7-13-25-24-15-14-21(17-26(24)28-27(23)25)19(2)20-9-4-3-5-10-20/h3-17,19H,1-2H3/i1D3,19D. The molecule has 1 unspecified atom stereocenters. The van der Waals surface area contributed by atoms with Crippen molar-refractivity contribution < 1.29 is 9.90 Å². The lowest BCUT2D eigenvalue weighted by molar-refractivity contribution is 0.668. The monoisotopic (exact) mass is 366 g/mol. The van der Waals surface area contributed by atoms with Crippen molar-refractivity contribution in [1.82, 2.24) is 0 Å². The maximum absolute atomic E-state index is 8.98. The number of rotatable bonds is 3. The van der Waals surface area contributed by atoms with E-state index in [0.29, 0.717) is 16.7 Å². The van der Waals surface area contributed by atoms with Crippen LogP contribution in [0.5, 0.6) is 0 Å². The van der Waals surface area contributed by atoms with E-state index < -0.39 is 12.7 Å². The molecule has 1 nitrogen and oxygen atoms in total. The van der Waals surface area contributed by atoms with Gasteiger partial charge in [0.1, 0.15) is 11.2 Å². The zero-order chi connectivity index (χ0) is 22.5. The van der Waals surface area contributed by atoms with Gasteiger partial charge in [0.15, 0.2) is 0 Å². The van der Waals surface area contributed by atoms with E-state index in [4.69, 9.17) is 9.90 Å². The van der Waals surface area contributed by atoms with E-state index in [0.717, 1.165) is 33.0 Å². The van der Waals surface area contributed by atoms with Crippen LogP contribution in [0, 0.1) is 6.85 Å². The van der Waals surface area contributed by atoms with Crippen LogP contribution >= 0.6 is 0 Å². The first-order valence-corrected chi connectivity index (χ1v) is 9.37. The molecule has 1 heterocycles. The van der Waals surface area contributed by atoms with Crippen LogP contribution in [0.15, 0.2) is 95.4 Å². The Morgan fingerprint density at radius 1 is 0.786 bits per heavy atom. The molecule has 5 rings (SSSR count). The summed E-state index contributed by atoms with van der Waals surface area (Å²) in [7, 11) is 0. The number of hydrogen-bond acceptors (Lipinski definition) is 1. The van der Waals surface area contributed by atoms with Gasteiger partial charge in [0.2, 0.25) is 0 Å². The number of aryl methyl sites for hydroxylation is 1. The van der Waals surface area contributed by atoms with Crippen molar-refractivity contribution in [2.75, 3.05) is 0 Å². The Bertz CT molecular complexity index is 1430. The number of benzene rings is 4. The van der Waals surface area contributed by atoms with Gasteiger partial charge in [-0.2, -0.15) is 0 Å². The summed E-state index contributed by atoms with van der Waals surface area (Å²) in [6, 6.07) is 28.6. The van der Waals surface area contributed by atoms with E-state index in [1.54, 1.807) is 18.2 Å². The van der Waals surface area contributed by atoms with Crippen LogP contribution in [0.1, 0.15) is 35.0 Å². The van der Waals surface area contributed by atoms with Crippen LogP contribution in [-0.4, -0.2) is 0 Å². The third kappa shape index (κ3) is 2.80. The highest BCUT2D eigenvalue weighted by molar-refractivity contribution is 6.09. The summed E-state index contributed by atoms with van der Waals surface area (Å²) in [6.45, 7) is -0.277. The lowest BCUT2D eigenvalue weighted by atomic mass is 9.92. The zero-order valence-electron chi connectivity index (χ0n) is 19.6. The topological polar surface area (TPSA) is 13.1 Å². The Morgan fingerprint density at radius 2 is 1.64 bits per heavy atom. The van der Waals surface area contributed by atoms with Gasteiger partial charge in [-0.1, -0.05) is 97.4 Å². The fraction of sp³-hybridized carbons (Fsp3) is 0.111. The molecule has 4 aromatic carbocycles. The summed E-state index contributed by atoms with van der Waals surface area (Å²) in [5.41, 5.74) is 5.15. The van der Waals surface area contributed by atoms with E-state index in [-0.39, 0.29) is 0 Å². The Labute approximate surface area is 170 Å². The maximum Gasteiger partial charge on any atom is 0.143 e. The van der Waals surface area contributed by atoms with E-state index in [9.17, 15) is 0 Å². The molecule has 0 saturated carbocycles. The van der Waals surface area contributed by atoms with Gasteiger partial charge in [0, 0.05) is 27.7 Å². The summed E-state index contributed by atoms with van der Waals surface area (Å²) in [5, 5.41) is 1.94. The molecule has 28 heavy (non-hydrogen) atoms. The highest BCUT2D eigenvalue weighted by Gasteiger charge is 2.15. The molecule has 0 saturated heterocycles. The Hall–Kier alpha value is -3.32. The van der Waals surface area contributed by atoms with Crippen molar-refractivity contribution in [3.63, 3.8) is 0 Å². The minimum atomic E-state index is -2.16. The molecule has 0 bridgehead atoms. The molecule has 0 radical (unpaired) electrons. The molecule has 0 amide bonds. The van der Waals surface area contributed by atoms with Crippen molar-refractivity contribution in [3.05, 3.63) is 108 Å². The maximum atomic E-state index is 8.98. The Kier molecular flexibility index (Phi) is 3.09. The summed E-state index contributed by atoms with van der Waals surface area (Å²) < 4.78 is 38.5. The van der Waals surface area contributed by atoms with Gasteiger partial charge >= 0.3 is 0 Å². The average molecular weight is 366 g/mol. The molecule has 5 aromatic rings. The highest BCUT2D eigenvalue weighted by atomic mass is 16.3. The van der Waals surface area contributed by atoms with Crippen LogP contribution in [0.2, 0.25) is 0 Å². The predicted molar refractivity (Wildman–Crippen MR) is 118 cm³/mol. The van der Waals surface area contributed by atoms with Crippen molar-refractivity contribution in [2.45, 2.75) is 19.7 Å². The van der Waals surface area contributed by atoms with E-state index >= 15 is 0 Å². The van der Waals surface area contributed by atoms with Gasteiger partial charge < -0.3 is 4.42 Å². The molecule has 1 heteroatoms. The van der Waals surface area contributed by atoms with Gasteiger partial charge in [0.05, 0.1) is 0 Å². The predicted octanol–water partition coefficient (Wildman–Crippen LogP) is 7.71. The highest BCUT2D eigenvalue weighted by Crippen LogP contribution is 2.37. The molecule has 0 aliphatic heterocycles. The van der Waals surface area contributed by atoms with Crippen LogP contribution in [0.3, 0.4) is 0 Å². The number of para-hydroxylation sites is 1. The van der Waals surface area contributed by atoms with Gasteiger partial charge in [-0.05, 0) is 29.6 Å². The third-order valence-electron chi connectivity index (χ3n) is 5.31. The van der Waals surface area contributed by atoms with Crippen molar-refractivity contribution in [1.29, 1.82) is 0 Å². The lowest BCUT2D eigenvalue weighted by Crippen LogP contribution is -1.95. The molecule has 0 N–H and O–H groups in total. The fourth-order valence-electron chi connectivity index (χ4n) is 3.80. The molecular formula is C27H22O. The van der Waals surface area contributed by atoms with E-state index in [1.807, 2.05) is 79.7 Å². The lowest BCUT2D eigenvalue weighted by Gasteiger charge is -2.12. The van der Waals surface area contributed by atoms with Crippen LogP contribution in [-0.2, 0) is 0 Å². The first-order valence-electron chi connectivity index (χ1n) is 11.4.